The number of rotatable bonds is 10. The van der Waals surface area contributed by atoms with E-state index in [0.717, 1.165) is 25.7 Å². The molecule has 5 heteroatoms. The zero-order valence-corrected chi connectivity index (χ0v) is 15.5. The number of unbranched alkanes of at least 4 members (excludes halogenated alkanes) is 1. The molecular formula is C20H27NO4. The summed E-state index contributed by atoms with van der Waals surface area (Å²) in [5.41, 5.74) is 0.640. The summed E-state index contributed by atoms with van der Waals surface area (Å²) in [6.07, 6.45) is 5.71. The molecule has 0 saturated heterocycles. The summed E-state index contributed by atoms with van der Waals surface area (Å²) in [5, 5.41) is 9.27. The smallest absolute Gasteiger partial charge is 0.348 e. The van der Waals surface area contributed by atoms with E-state index in [1.54, 1.807) is 25.3 Å². The molecule has 0 radical (unpaired) electrons. The summed E-state index contributed by atoms with van der Waals surface area (Å²) in [7, 11) is 3.08. The number of esters is 1. The predicted molar refractivity (Wildman–Crippen MR) is 97.4 cm³/mol. The van der Waals surface area contributed by atoms with E-state index in [1.807, 2.05) is 6.07 Å². The lowest BCUT2D eigenvalue weighted by atomic mass is 10.0. The standard InChI is InChI=1S/C20H27NO4/c1-5-7-8-15(6-2)14-25-20(22)17(13-21)11-16-9-10-18(23-3)19(12-16)24-4/h9-12,15H,5-8,14H2,1-4H3. The first kappa shape index (κ1) is 20.6. The third-order valence-corrected chi connectivity index (χ3v) is 4.05. The van der Waals surface area contributed by atoms with Gasteiger partial charge in [0.25, 0.3) is 0 Å². The minimum absolute atomic E-state index is 0.0300. The van der Waals surface area contributed by atoms with Crippen LogP contribution in [0.4, 0.5) is 0 Å². The van der Waals surface area contributed by atoms with Crippen molar-refractivity contribution in [3.63, 3.8) is 0 Å². The van der Waals surface area contributed by atoms with Crippen LogP contribution in [0.2, 0.25) is 0 Å². The van der Waals surface area contributed by atoms with E-state index in [2.05, 4.69) is 13.8 Å². The van der Waals surface area contributed by atoms with Gasteiger partial charge < -0.3 is 14.2 Å². The van der Waals surface area contributed by atoms with Gasteiger partial charge in [-0.15, -0.1) is 0 Å². The Morgan fingerprint density at radius 2 is 1.96 bits per heavy atom. The Hall–Kier alpha value is -2.48. The van der Waals surface area contributed by atoms with Gasteiger partial charge in [-0.25, -0.2) is 4.79 Å². The first-order valence-electron chi connectivity index (χ1n) is 8.60. The van der Waals surface area contributed by atoms with E-state index in [-0.39, 0.29) is 5.57 Å². The van der Waals surface area contributed by atoms with Crippen molar-refractivity contribution in [3.05, 3.63) is 29.3 Å². The zero-order chi connectivity index (χ0) is 18.7. The van der Waals surface area contributed by atoms with Gasteiger partial charge in [0, 0.05) is 0 Å². The van der Waals surface area contributed by atoms with Crippen molar-refractivity contribution in [2.75, 3.05) is 20.8 Å². The second-order valence-electron chi connectivity index (χ2n) is 5.80. The highest BCUT2D eigenvalue weighted by Gasteiger charge is 2.15. The molecule has 25 heavy (non-hydrogen) atoms. The molecule has 0 heterocycles. The third-order valence-electron chi connectivity index (χ3n) is 4.05. The number of benzene rings is 1. The maximum atomic E-state index is 12.2. The molecule has 0 N–H and O–H groups in total. The lowest BCUT2D eigenvalue weighted by Crippen LogP contribution is -2.15. The quantitative estimate of drug-likeness (QED) is 0.358. The molecule has 136 valence electrons. The average Bonchev–Trinajstić information content (AvgIpc) is 2.65. The molecule has 0 spiro atoms. The molecule has 0 bridgehead atoms. The molecule has 0 amide bonds. The minimum atomic E-state index is -0.591. The van der Waals surface area contributed by atoms with E-state index in [4.69, 9.17) is 14.2 Å². The number of ether oxygens (including phenoxy) is 3. The summed E-state index contributed by atoms with van der Waals surface area (Å²) in [6.45, 7) is 4.57. The van der Waals surface area contributed by atoms with Crippen molar-refractivity contribution < 1.29 is 19.0 Å². The van der Waals surface area contributed by atoms with Crippen LogP contribution in [0.25, 0.3) is 6.08 Å². The molecule has 0 aliphatic heterocycles. The number of hydrogen-bond acceptors (Lipinski definition) is 5. The highest BCUT2D eigenvalue weighted by molar-refractivity contribution is 5.97. The molecule has 1 rings (SSSR count). The fourth-order valence-corrected chi connectivity index (χ4v) is 2.42. The fourth-order valence-electron chi connectivity index (χ4n) is 2.42. The van der Waals surface area contributed by atoms with Crippen molar-refractivity contribution in [3.8, 4) is 17.6 Å². The number of nitrogens with zero attached hydrogens (tertiary/aromatic N) is 1. The van der Waals surface area contributed by atoms with Gasteiger partial charge in [-0.3, -0.25) is 0 Å². The Morgan fingerprint density at radius 1 is 1.24 bits per heavy atom. The molecule has 1 unspecified atom stereocenters. The van der Waals surface area contributed by atoms with Crippen LogP contribution in [0.1, 0.15) is 45.1 Å². The van der Waals surface area contributed by atoms with E-state index < -0.39 is 5.97 Å². The van der Waals surface area contributed by atoms with E-state index >= 15 is 0 Å². The van der Waals surface area contributed by atoms with Crippen molar-refractivity contribution in [2.24, 2.45) is 5.92 Å². The molecule has 0 fully saturated rings. The van der Waals surface area contributed by atoms with Gasteiger partial charge in [0.2, 0.25) is 0 Å². The van der Waals surface area contributed by atoms with Crippen molar-refractivity contribution in [1.82, 2.24) is 0 Å². The summed E-state index contributed by atoms with van der Waals surface area (Å²) >= 11 is 0. The van der Waals surface area contributed by atoms with Gasteiger partial charge in [-0.2, -0.15) is 5.26 Å². The van der Waals surface area contributed by atoms with Crippen LogP contribution in [-0.4, -0.2) is 26.8 Å². The Balaban J connectivity index is 2.81. The SMILES string of the molecule is CCCCC(CC)COC(=O)C(C#N)=Cc1ccc(OC)c(OC)c1. The Kier molecular flexibility index (Phi) is 9.16. The molecule has 0 aliphatic carbocycles. The van der Waals surface area contributed by atoms with Gasteiger partial charge in [0.05, 0.1) is 20.8 Å². The molecule has 0 aliphatic rings. The molecule has 1 aromatic rings. The topological polar surface area (TPSA) is 68.6 Å². The number of hydrogen-bond donors (Lipinski definition) is 0. The number of nitriles is 1. The molecule has 1 aromatic carbocycles. The third kappa shape index (κ3) is 6.50. The van der Waals surface area contributed by atoms with Crippen LogP contribution < -0.4 is 9.47 Å². The number of carbonyl (C=O) groups excluding carboxylic acids is 1. The van der Waals surface area contributed by atoms with E-state index in [0.29, 0.717) is 29.6 Å². The molecule has 5 nitrogen and oxygen atoms in total. The van der Waals surface area contributed by atoms with Gasteiger partial charge in [-0.1, -0.05) is 39.2 Å². The van der Waals surface area contributed by atoms with Crippen molar-refractivity contribution >= 4 is 12.0 Å². The lowest BCUT2D eigenvalue weighted by molar-refractivity contribution is -0.139. The number of methoxy groups -OCH3 is 2. The number of carbonyl (C=O) groups is 1. The molecule has 1 atom stereocenters. The van der Waals surface area contributed by atoms with Crippen molar-refractivity contribution in [2.45, 2.75) is 39.5 Å². The minimum Gasteiger partial charge on any atom is -0.493 e. The Morgan fingerprint density at radius 3 is 2.52 bits per heavy atom. The van der Waals surface area contributed by atoms with Crippen LogP contribution in [0.5, 0.6) is 11.5 Å². The highest BCUT2D eigenvalue weighted by atomic mass is 16.5. The van der Waals surface area contributed by atoms with Gasteiger partial charge in [0.1, 0.15) is 11.6 Å². The summed E-state index contributed by atoms with van der Waals surface area (Å²) < 4.78 is 15.7. The average molecular weight is 345 g/mol. The fraction of sp³-hybridized carbons (Fsp3) is 0.500. The zero-order valence-electron chi connectivity index (χ0n) is 15.5. The summed E-state index contributed by atoms with van der Waals surface area (Å²) in [6, 6.07) is 7.10. The molecule has 0 aromatic heterocycles. The van der Waals surface area contributed by atoms with Gasteiger partial charge in [-0.05, 0) is 36.1 Å². The van der Waals surface area contributed by atoms with E-state index in [1.165, 1.54) is 13.2 Å². The second kappa shape index (κ2) is 11.1. The van der Waals surface area contributed by atoms with Crippen LogP contribution in [0.3, 0.4) is 0 Å². The summed E-state index contributed by atoms with van der Waals surface area (Å²) in [4.78, 5) is 12.2. The first-order chi connectivity index (χ1) is 12.1. The lowest BCUT2D eigenvalue weighted by Gasteiger charge is -2.14. The van der Waals surface area contributed by atoms with Crippen LogP contribution >= 0.6 is 0 Å². The van der Waals surface area contributed by atoms with Crippen LogP contribution in [0, 0.1) is 17.2 Å². The van der Waals surface area contributed by atoms with E-state index in [9.17, 15) is 10.1 Å². The maximum absolute atomic E-state index is 12.2. The highest BCUT2D eigenvalue weighted by Crippen LogP contribution is 2.28. The molecular weight excluding hydrogens is 318 g/mol. The maximum Gasteiger partial charge on any atom is 0.348 e. The largest absolute Gasteiger partial charge is 0.493 e. The Bertz CT molecular complexity index is 631. The monoisotopic (exact) mass is 345 g/mol. The van der Waals surface area contributed by atoms with Gasteiger partial charge in [0.15, 0.2) is 11.5 Å². The first-order valence-corrected chi connectivity index (χ1v) is 8.60. The summed E-state index contributed by atoms with van der Waals surface area (Å²) in [5.74, 6) is 0.868. The Labute approximate surface area is 150 Å². The predicted octanol–water partition coefficient (Wildman–Crippen LogP) is 4.37. The van der Waals surface area contributed by atoms with Crippen molar-refractivity contribution in [1.29, 1.82) is 5.26 Å². The van der Waals surface area contributed by atoms with Gasteiger partial charge >= 0.3 is 5.97 Å². The van der Waals surface area contributed by atoms with Crippen LogP contribution in [0.15, 0.2) is 23.8 Å². The normalized spacial score (nSPS) is 12.2. The molecule has 0 saturated carbocycles. The van der Waals surface area contributed by atoms with Crippen LogP contribution in [-0.2, 0) is 9.53 Å². The second-order valence-corrected chi connectivity index (χ2v) is 5.80.